The highest BCUT2D eigenvalue weighted by atomic mass is 16.5. The third kappa shape index (κ3) is 6.98. The van der Waals surface area contributed by atoms with Crippen molar-refractivity contribution in [3.63, 3.8) is 0 Å². The maximum Gasteiger partial charge on any atom is 0.295 e. The largest absolute Gasteiger partial charge is 0.507 e. The number of benzene rings is 3. The summed E-state index contributed by atoms with van der Waals surface area (Å²) >= 11 is 0. The Morgan fingerprint density at radius 2 is 1.66 bits per heavy atom. The summed E-state index contributed by atoms with van der Waals surface area (Å²) in [5, 5.41) is 11.6. The summed E-state index contributed by atoms with van der Waals surface area (Å²) in [4.78, 5) is 30.7. The van der Waals surface area contributed by atoms with Crippen molar-refractivity contribution >= 4 is 17.4 Å². The molecule has 1 aliphatic rings. The molecule has 216 valence electrons. The normalized spacial score (nSPS) is 16.6. The summed E-state index contributed by atoms with van der Waals surface area (Å²) < 4.78 is 12.0. The standard InChI is InChI=1S/C34H40N2O5/c1-6-35(7-2)18-19-36-31(25-12-11-15-28(21-25)41-27-13-9-8-10-14-27)30(33(38)34(36)39)32(37)26-16-17-29(24(5)20-26)40-22-23(3)4/h8-17,20-21,23,31,37H,6-7,18-19,22H2,1-5H3/t31-/m1/s1. The van der Waals surface area contributed by atoms with Crippen LogP contribution in [-0.4, -0.2) is 59.4 Å². The molecule has 0 saturated carbocycles. The van der Waals surface area contributed by atoms with Crippen LogP contribution < -0.4 is 9.47 Å². The molecule has 3 aromatic carbocycles. The fraction of sp³-hybridized carbons (Fsp3) is 0.353. The van der Waals surface area contributed by atoms with Crippen molar-refractivity contribution in [1.82, 2.24) is 9.80 Å². The quantitative estimate of drug-likeness (QED) is 0.154. The summed E-state index contributed by atoms with van der Waals surface area (Å²) in [6, 6.07) is 21.3. The highest BCUT2D eigenvalue weighted by Crippen LogP contribution is 2.41. The van der Waals surface area contributed by atoms with Crippen LogP contribution in [0, 0.1) is 12.8 Å². The lowest BCUT2D eigenvalue weighted by Gasteiger charge is -2.28. The Morgan fingerprint density at radius 1 is 0.951 bits per heavy atom. The molecule has 3 aromatic rings. The van der Waals surface area contributed by atoms with E-state index < -0.39 is 17.7 Å². The summed E-state index contributed by atoms with van der Waals surface area (Å²) in [5.41, 5.74) is 2.05. The molecule has 1 amide bonds. The molecule has 0 aliphatic carbocycles. The van der Waals surface area contributed by atoms with Crippen LogP contribution in [0.2, 0.25) is 0 Å². The van der Waals surface area contributed by atoms with Crippen molar-refractivity contribution in [2.24, 2.45) is 5.92 Å². The smallest absolute Gasteiger partial charge is 0.295 e. The van der Waals surface area contributed by atoms with Crippen molar-refractivity contribution in [3.8, 4) is 17.2 Å². The molecule has 1 saturated heterocycles. The Labute approximate surface area is 243 Å². The molecule has 0 unspecified atom stereocenters. The first-order valence-electron chi connectivity index (χ1n) is 14.3. The van der Waals surface area contributed by atoms with Gasteiger partial charge in [0.05, 0.1) is 18.2 Å². The average Bonchev–Trinajstić information content (AvgIpc) is 3.22. The van der Waals surface area contributed by atoms with E-state index in [2.05, 4.69) is 32.6 Å². The number of para-hydroxylation sites is 1. The van der Waals surface area contributed by atoms with E-state index in [0.717, 1.165) is 24.4 Å². The number of ether oxygens (including phenoxy) is 2. The molecule has 1 aliphatic heterocycles. The molecule has 1 heterocycles. The van der Waals surface area contributed by atoms with Gasteiger partial charge in [0, 0.05) is 18.7 Å². The van der Waals surface area contributed by atoms with E-state index in [1.165, 1.54) is 0 Å². The van der Waals surface area contributed by atoms with Crippen LogP contribution in [0.3, 0.4) is 0 Å². The van der Waals surface area contributed by atoms with Crippen LogP contribution in [0.4, 0.5) is 0 Å². The molecule has 1 N–H and O–H groups in total. The van der Waals surface area contributed by atoms with E-state index in [0.29, 0.717) is 48.2 Å². The molecule has 0 bridgehead atoms. The molecule has 0 radical (unpaired) electrons. The fourth-order valence-corrected chi connectivity index (χ4v) is 4.99. The molecule has 1 atom stereocenters. The highest BCUT2D eigenvalue weighted by Gasteiger charge is 2.46. The second-order valence-electron chi connectivity index (χ2n) is 10.7. The van der Waals surface area contributed by atoms with Gasteiger partial charge < -0.3 is 24.4 Å². The summed E-state index contributed by atoms with van der Waals surface area (Å²) in [5.74, 6) is 0.826. The molecule has 1 fully saturated rings. The third-order valence-corrected chi connectivity index (χ3v) is 7.26. The molecule has 0 spiro atoms. The first-order valence-corrected chi connectivity index (χ1v) is 14.3. The predicted molar refractivity (Wildman–Crippen MR) is 161 cm³/mol. The number of carbonyl (C=O) groups excluding carboxylic acids is 2. The maximum atomic E-state index is 13.5. The van der Waals surface area contributed by atoms with Crippen LogP contribution in [0.15, 0.2) is 78.4 Å². The Hall–Kier alpha value is -4.10. The number of aryl methyl sites for hydroxylation is 1. The Balaban J connectivity index is 1.76. The number of rotatable bonds is 12. The number of carbonyl (C=O) groups is 2. The van der Waals surface area contributed by atoms with E-state index >= 15 is 0 Å². The number of amides is 1. The average molecular weight is 557 g/mol. The lowest BCUT2D eigenvalue weighted by atomic mass is 9.94. The first-order chi connectivity index (χ1) is 19.7. The Kier molecular flexibility index (Phi) is 9.84. The van der Waals surface area contributed by atoms with Gasteiger partial charge in [-0.2, -0.15) is 0 Å². The van der Waals surface area contributed by atoms with Crippen LogP contribution in [0.5, 0.6) is 17.2 Å². The maximum absolute atomic E-state index is 13.5. The number of ketones is 1. The number of aliphatic hydroxyl groups excluding tert-OH is 1. The number of hydrogen-bond donors (Lipinski definition) is 1. The lowest BCUT2D eigenvalue weighted by molar-refractivity contribution is -0.140. The number of nitrogens with zero attached hydrogens (tertiary/aromatic N) is 2. The topological polar surface area (TPSA) is 79.3 Å². The second-order valence-corrected chi connectivity index (χ2v) is 10.7. The van der Waals surface area contributed by atoms with Gasteiger partial charge in [0.15, 0.2) is 0 Å². The summed E-state index contributed by atoms with van der Waals surface area (Å²) in [7, 11) is 0. The number of aliphatic hydroxyl groups is 1. The minimum atomic E-state index is -0.762. The first kappa shape index (κ1) is 29.9. The Morgan fingerprint density at radius 3 is 2.32 bits per heavy atom. The zero-order chi connectivity index (χ0) is 29.5. The monoisotopic (exact) mass is 556 g/mol. The van der Waals surface area contributed by atoms with Gasteiger partial charge in [0.25, 0.3) is 11.7 Å². The zero-order valence-corrected chi connectivity index (χ0v) is 24.6. The van der Waals surface area contributed by atoms with Crippen LogP contribution in [0.1, 0.15) is 50.4 Å². The second kappa shape index (κ2) is 13.5. The van der Waals surface area contributed by atoms with Gasteiger partial charge in [0.2, 0.25) is 0 Å². The summed E-state index contributed by atoms with van der Waals surface area (Å²) in [6.07, 6.45) is 0. The fourth-order valence-electron chi connectivity index (χ4n) is 4.99. The van der Waals surface area contributed by atoms with Gasteiger partial charge in [-0.25, -0.2) is 0 Å². The van der Waals surface area contributed by atoms with Gasteiger partial charge in [-0.15, -0.1) is 0 Å². The number of hydrogen-bond acceptors (Lipinski definition) is 6. The van der Waals surface area contributed by atoms with E-state index in [9.17, 15) is 14.7 Å². The molecular weight excluding hydrogens is 516 g/mol. The van der Waals surface area contributed by atoms with Gasteiger partial charge in [-0.3, -0.25) is 9.59 Å². The van der Waals surface area contributed by atoms with Crippen LogP contribution in [-0.2, 0) is 9.59 Å². The van der Waals surface area contributed by atoms with Crippen molar-refractivity contribution in [2.45, 2.75) is 40.7 Å². The van der Waals surface area contributed by atoms with Gasteiger partial charge in [-0.05, 0) is 79.5 Å². The minimum Gasteiger partial charge on any atom is -0.507 e. The third-order valence-electron chi connectivity index (χ3n) is 7.26. The zero-order valence-electron chi connectivity index (χ0n) is 24.6. The van der Waals surface area contributed by atoms with Crippen molar-refractivity contribution in [1.29, 1.82) is 0 Å². The lowest BCUT2D eigenvalue weighted by Crippen LogP contribution is -2.38. The molecule has 0 aromatic heterocycles. The van der Waals surface area contributed by atoms with Crippen molar-refractivity contribution in [2.75, 3.05) is 32.8 Å². The van der Waals surface area contributed by atoms with Crippen LogP contribution in [0.25, 0.3) is 5.76 Å². The van der Waals surface area contributed by atoms with Crippen molar-refractivity contribution < 1.29 is 24.2 Å². The van der Waals surface area contributed by atoms with Crippen molar-refractivity contribution in [3.05, 3.63) is 95.1 Å². The molecule has 7 nitrogen and oxygen atoms in total. The number of likely N-dealkylation sites (N-methyl/N-ethyl adjacent to an activating group) is 1. The Bertz CT molecular complexity index is 1400. The number of likely N-dealkylation sites (tertiary alicyclic amines) is 1. The number of Topliss-reactive ketones (excluding diaryl/α,β-unsaturated/α-hetero) is 1. The van der Waals surface area contributed by atoms with Crippen LogP contribution >= 0.6 is 0 Å². The van der Waals surface area contributed by atoms with E-state index in [1.807, 2.05) is 61.5 Å². The van der Waals surface area contributed by atoms with Gasteiger partial charge in [-0.1, -0.05) is 58.0 Å². The minimum absolute atomic E-state index is 0.0710. The van der Waals surface area contributed by atoms with Gasteiger partial charge in [0.1, 0.15) is 23.0 Å². The summed E-state index contributed by atoms with van der Waals surface area (Å²) in [6.45, 7) is 13.4. The highest BCUT2D eigenvalue weighted by molar-refractivity contribution is 6.46. The van der Waals surface area contributed by atoms with E-state index in [1.54, 1.807) is 23.1 Å². The molecular formula is C34H40N2O5. The predicted octanol–water partition coefficient (Wildman–Crippen LogP) is 6.59. The molecule has 7 heteroatoms. The molecule has 4 rings (SSSR count). The van der Waals surface area contributed by atoms with E-state index in [4.69, 9.17) is 9.47 Å². The SMILES string of the molecule is CCN(CC)CCN1C(=O)C(=O)C(=C(O)c2ccc(OCC(C)C)c(C)c2)[C@H]1c1cccc(Oc2ccccc2)c1. The van der Waals surface area contributed by atoms with Gasteiger partial charge >= 0.3 is 0 Å². The molecule has 41 heavy (non-hydrogen) atoms. The van der Waals surface area contributed by atoms with E-state index in [-0.39, 0.29) is 11.3 Å².